The van der Waals surface area contributed by atoms with Gasteiger partial charge < -0.3 is 5.32 Å². The highest BCUT2D eigenvalue weighted by Crippen LogP contribution is 2.01. The molecule has 0 saturated carbocycles. The Kier molecular flexibility index (Phi) is 6.45. The lowest BCUT2D eigenvalue weighted by atomic mass is 10.2. The smallest absolute Gasteiger partial charge is 0.0432 e. The molecule has 0 fully saturated rings. The first kappa shape index (κ1) is 10.8. The minimum Gasteiger partial charge on any atom is -0.308 e. The molecule has 0 amide bonds. The Morgan fingerprint density at radius 2 is 2.45 bits per heavy atom. The Balaban J connectivity index is 3.47. The van der Waals surface area contributed by atoms with Crippen molar-refractivity contribution in [2.45, 2.75) is 19.4 Å². The van der Waals surface area contributed by atoms with Crippen LogP contribution >= 0.6 is 23.2 Å². The second-order valence-electron chi connectivity index (χ2n) is 2.25. The van der Waals surface area contributed by atoms with Gasteiger partial charge in [0.1, 0.15) is 0 Å². The summed E-state index contributed by atoms with van der Waals surface area (Å²) in [5.41, 5.74) is 1.34. The molecule has 1 N–H and O–H groups in total. The third-order valence-corrected chi connectivity index (χ3v) is 1.78. The Morgan fingerprint density at radius 3 is 2.91 bits per heavy atom. The molecule has 0 aromatic heterocycles. The molecule has 0 aliphatic heterocycles. The molecular weight excluding hydrogens is 181 g/mol. The van der Waals surface area contributed by atoms with Crippen LogP contribution in [0.15, 0.2) is 10.6 Å². The maximum absolute atomic E-state index is 5.62. The van der Waals surface area contributed by atoms with Crippen LogP contribution in [0.2, 0.25) is 0 Å². The molecule has 0 heterocycles. The fourth-order valence-corrected chi connectivity index (χ4v) is 0.714. The van der Waals surface area contributed by atoms with Crippen molar-refractivity contribution in [1.82, 2.24) is 5.32 Å². The van der Waals surface area contributed by atoms with E-state index >= 15 is 0 Å². The molecule has 62 valence electrons. The second kappa shape index (κ2) is 6.54. The zero-order valence-electron chi connectivity index (χ0n) is 6.40. The molecule has 1 nitrogen and oxygen atoms in total. The number of hydrogen-bond acceptors (Lipinski definition) is 1. The first-order chi connectivity index (χ1) is 5.20. The highest BCUT2D eigenvalue weighted by molar-refractivity contribution is 6.36. The van der Waals surface area contributed by atoms with E-state index in [9.17, 15) is 0 Å². The van der Waals surface area contributed by atoms with Gasteiger partial charge in [-0.2, -0.15) is 0 Å². The van der Waals surface area contributed by atoms with Crippen LogP contribution in [0.1, 0.15) is 13.3 Å². The van der Waals surface area contributed by atoms with Crippen molar-refractivity contribution < 1.29 is 0 Å². The van der Waals surface area contributed by atoms with Crippen LogP contribution in [0.5, 0.6) is 0 Å². The van der Waals surface area contributed by atoms with Crippen LogP contribution in [-0.4, -0.2) is 12.6 Å². The van der Waals surface area contributed by atoms with Gasteiger partial charge >= 0.3 is 0 Å². The molecule has 0 saturated heterocycles. The summed E-state index contributed by atoms with van der Waals surface area (Å²) in [7, 11) is 0. The first-order valence-corrected chi connectivity index (χ1v) is 4.13. The van der Waals surface area contributed by atoms with E-state index in [2.05, 4.69) is 11.2 Å². The number of rotatable bonds is 4. The van der Waals surface area contributed by atoms with Crippen LogP contribution in [0.3, 0.4) is 0 Å². The normalized spacial score (nSPS) is 14.2. The molecule has 0 aliphatic carbocycles. The highest BCUT2D eigenvalue weighted by Gasteiger charge is 1.98. The van der Waals surface area contributed by atoms with Crippen molar-refractivity contribution in [3.63, 3.8) is 0 Å². The van der Waals surface area contributed by atoms with E-state index in [4.69, 9.17) is 29.6 Å². The molecule has 1 unspecified atom stereocenters. The molecule has 0 rings (SSSR count). The van der Waals surface area contributed by atoms with Gasteiger partial charge in [0.05, 0.1) is 0 Å². The quantitative estimate of drug-likeness (QED) is 0.674. The number of halogens is 2. The summed E-state index contributed by atoms with van der Waals surface area (Å²) in [4.78, 5) is 0. The van der Waals surface area contributed by atoms with E-state index in [1.54, 1.807) is 0 Å². The zero-order valence-corrected chi connectivity index (χ0v) is 7.91. The van der Waals surface area contributed by atoms with Crippen LogP contribution < -0.4 is 5.32 Å². The Labute approximate surface area is 77.8 Å². The summed E-state index contributed by atoms with van der Waals surface area (Å²) < 4.78 is 0. The number of terminal acetylenes is 1. The molecule has 0 spiro atoms. The van der Waals surface area contributed by atoms with Gasteiger partial charge in [-0.25, -0.2) is 0 Å². The van der Waals surface area contributed by atoms with Crippen molar-refractivity contribution in [2.75, 3.05) is 6.54 Å². The van der Waals surface area contributed by atoms with Gasteiger partial charge in [-0.3, -0.25) is 0 Å². The maximum Gasteiger partial charge on any atom is 0.0432 e. The summed E-state index contributed by atoms with van der Waals surface area (Å²) in [6.45, 7) is 2.58. The molecule has 0 radical (unpaired) electrons. The molecule has 0 aliphatic rings. The largest absolute Gasteiger partial charge is 0.308 e. The number of nitrogens with one attached hydrogen (secondary N) is 1. The molecule has 0 aromatic rings. The summed E-state index contributed by atoms with van der Waals surface area (Å²) in [6.07, 6.45) is 5.81. The average Bonchev–Trinajstić information content (AvgIpc) is 2.01. The van der Waals surface area contributed by atoms with E-state index in [0.717, 1.165) is 0 Å². The fourth-order valence-electron chi connectivity index (χ4n) is 0.559. The monoisotopic (exact) mass is 191 g/mol. The van der Waals surface area contributed by atoms with Gasteiger partial charge in [0, 0.05) is 29.6 Å². The molecule has 0 aromatic carbocycles. The van der Waals surface area contributed by atoms with E-state index in [1.165, 1.54) is 5.54 Å². The van der Waals surface area contributed by atoms with Crippen molar-refractivity contribution in [3.05, 3.63) is 10.6 Å². The Bertz CT molecular complexity index is 169. The average molecular weight is 192 g/mol. The lowest BCUT2D eigenvalue weighted by Gasteiger charge is -2.08. The number of hydrogen-bond donors (Lipinski definition) is 1. The van der Waals surface area contributed by atoms with Crippen molar-refractivity contribution in [3.8, 4) is 12.3 Å². The highest BCUT2D eigenvalue weighted by atomic mass is 35.5. The molecule has 3 heteroatoms. The van der Waals surface area contributed by atoms with Gasteiger partial charge in [-0.15, -0.1) is 12.3 Å². The summed E-state index contributed by atoms with van der Waals surface area (Å²) in [6, 6.07) is 0.283. The minimum atomic E-state index is 0.283. The maximum atomic E-state index is 5.62. The summed E-state index contributed by atoms with van der Waals surface area (Å²) in [5, 5.41) is 3.70. The fraction of sp³-hybridized carbons (Fsp3) is 0.500. The predicted molar refractivity (Wildman–Crippen MR) is 50.7 cm³/mol. The van der Waals surface area contributed by atoms with Gasteiger partial charge in [0.25, 0.3) is 0 Å². The van der Waals surface area contributed by atoms with Gasteiger partial charge in [-0.05, 0) is 6.92 Å². The topological polar surface area (TPSA) is 12.0 Å². The van der Waals surface area contributed by atoms with Crippen LogP contribution in [0.4, 0.5) is 0 Å². The van der Waals surface area contributed by atoms with Crippen molar-refractivity contribution in [2.24, 2.45) is 0 Å². The van der Waals surface area contributed by atoms with E-state index in [-0.39, 0.29) is 6.04 Å². The Morgan fingerprint density at radius 1 is 1.82 bits per heavy atom. The van der Waals surface area contributed by atoms with Crippen LogP contribution in [-0.2, 0) is 0 Å². The third kappa shape index (κ3) is 6.25. The molecule has 1 atom stereocenters. The van der Waals surface area contributed by atoms with Crippen molar-refractivity contribution in [1.29, 1.82) is 0 Å². The Hall–Kier alpha value is -0.160. The first-order valence-electron chi connectivity index (χ1n) is 3.32. The van der Waals surface area contributed by atoms with E-state index in [0.29, 0.717) is 18.0 Å². The van der Waals surface area contributed by atoms with Gasteiger partial charge in [0.2, 0.25) is 0 Å². The van der Waals surface area contributed by atoms with Crippen LogP contribution in [0, 0.1) is 12.3 Å². The molecule has 0 bridgehead atoms. The van der Waals surface area contributed by atoms with E-state index in [1.807, 2.05) is 6.92 Å². The van der Waals surface area contributed by atoms with Crippen molar-refractivity contribution >= 4 is 23.2 Å². The summed E-state index contributed by atoms with van der Waals surface area (Å²) >= 11 is 11.0. The zero-order chi connectivity index (χ0) is 8.69. The lowest BCUT2D eigenvalue weighted by molar-refractivity contribution is 0.595. The minimum absolute atomic E-state index is 0.283. The third-order valence-electron chi connectivity index (χ3n) is 1.16. The molecule has 11 heavy (non-hydrogen) atoms. The SMILES string of the molecule is C#CCC(C)NCC(Cl)=CCl. The molecular formula is C8H11Cl2N. The van der Waals surface area contributed by atoms with Gasteiger partial charge in [-0.1, -0.05) is 23.2 Å². The lowest BCUT2D eigenvalue weighted by Crippen LogP contribution is -2.26. The van der Waals surface area contributed by atoms with Crippen LogP contribution in [0.25, 0.3) is 0 Å². The standard InChI is InChI=1S/C8H11Cl2N/c1-3-4-7(2)11-6-8(10)5-9/h1,5,7,11H,4,6H2,2H3. The summed E-state index contributed by atoms with van der Waals surface area (Å²) in [5.74, 6) is 2.55. The van der Waals surface area contributed by atoms with Gasteiger partial charge in [0.15, 0.2) is 0 Å². The predicted octanol–water partition coefficient (Wildman–Crippen LogP) is 2.31. The second-order valence-corrected chi connectivity index (χ2v) is 2.95. The van der Waals surface area contributed by atoms with E-state index < -0.39 is 0 Å².